The second-order valence-electron chi connectivity index (χ2n) is 3.79. The van der Waals surface area contributed by atoms with E-state index in [1.165, 1.54) is 38.5 Å². The van der Waals surface area contributed by atoms with Crippen LogP contribution in [0.2, 0.25) is 0 Å². The van der Waals surface area contributed by atoms with E-state index in [1.54, 1.807) is 0 Å². The molecule has 0 fully saturated rings. The van der Waals surface area contributed by atoms with E-state index in [2.05, 4.69) is 29.1 Å². The highest BCUT2D eigenvalue weighted by molar-refractivity contribution is 9.31. The fourth-order valence-electron chi connectivity index (χ4n) is 1.42. The summed E-state index contributed by atoms with van der Waals surface area (Å²) in [6, 6.07) is 0. The van der Waals surface area contributed by atoms with Crippen LogP contribution in [-0.2, 0) is 0 Å². The Balaban J connectivity index is 2.03. The summed E-state index contributed by atoms with van der Waals surface area (Å²) in [5.74, 6) is 1.14. The Kier molecular flexibility index (Phi) is 7.19. The molecule has 1 unspecified atom stereocenters. The molecule has 2 nitrogen and oxygen atoms in total. The SMILES string of the molecule is CCCCCCCCSS1(S)C=NNC1=S. The van der Waals surface area contributed by atoms with E-state index in [1.807, 2.05) is 16.3 Å². The van der Waals surface area contributed by atoms with Gasteiger partial charge in [-0.05, 0) is 6.42 Å². The van der Waals surface area contributed by atoms with E-state index in [4.69, 9.17) is 12.2 Å². The molecule has 0 bridgehead atoms. The Hall–Kier alpha value is 0.610. The van der Waals surface area contributed by atoms with E-state index in [0.717, 1.165) is 10.1 Å². The predicted octanol–water partition coefficient (Wildman–Crippen LogP) is 4.48. The minimum absolute atomic E-state index is 0.798. The van der Waals surface area contributed by atoms with Gasteiger partial charge in [-0.15, -0.1) is 11.7 Å². The lowest BCUT2D eigenvalue weighted by atomic mass is 10.1. The molecular weight excluding hydrogens is 276 g/mol. The number of hydrogen-bond donors (Lipinski definition) is 2. The van der Waals surface area contributed by atoms with Crippen LogP contribution in [0, 0.1) is 0 Å². The number of hydrazone groups is 1. The van der Waals surface area contributed by atoms with Crippen LogP contribution in [0.4, 0.5) is 0 Å². The maximum Gasteiger partial charge on any atom is 0.159 e. The van der Waals surface area contributed by atoms with Crippen LogP contribution < -0.4 is 5.43 Å². The van der Waals surface area contributed by atoms with Gasteiger partial charge in [-0.2, -0.15) is 5.10 Å². The van der Waals surface area contributed by atoms with Crippen molar-refractivity contribution in [2.45, 2.75) is 45.4 Å². The number of thiocarbonyl (C=S) groups is 1. The smallest absolute Gasteiger partial charge is 0.159 e. The summed E-state index contributed by atoms with van der Waals surface area (Å²) in [6.45, 7) is 2.25. The molecule has 0 saturated carbocycles. The first-order valence-electron chi connectivity index (χ1n) is 5.72. The van der Waals surface area contributed by atoms with Crippen molar-refractivity contribution >= 4 is 52.6 Å². The second-order valence-corrected chi connectivity index (χ2v) is 11.6. The first kappa shape index (κ1) is 14.7. The lowest BCUT2D eigenvalue weighted by molar-refractivity contribution is 0.627. The van der Waals surface area contributed by atoms with Gasteiger partial charge in [-0.3, -0.25) is 5.43 Å². The van der Waals surface area contributed by atoms with Gasteiger partial charge < -0.3 is 0 Å². The minimum Gasteiger partial charge on any atom is -0.261 e. The molecule has 1 aliphatic rings. The first-order valence-corrected chi connectivity index (χ1v) is 10.4. The van der Waals surface area contributed by atoms with E-state index < -0.39 is 8.09 Å². The van der Waals surface area contributed by atoms with Crippen molar-refractivity contribution in [1.82, 2.24) is 5.43 Å². The standard InChI is InChI=1S/C10H20N2S4/c1-2-3-4-5-6-7-8-15-16(14)9-11-12-10(16)13/h9,14H,2-8H2,1H3,(H,12,13). The molecular formula is C10H20N2S4. The van der Waals surface area contributed by atoms with E-state index in [0.29, 0.717) is 0 Å². The van der Waals surface area contributed by atoms with Gasteiger partial charge in [0.05, 0.1) is 5.55 Å². The van der Waals surface area contributed by atoms with Crippen molar-refractivity contribution in [3.05, 3.63) is 0 Å². The maximum atomic E-state index is 5.19. The van der Waals surface area contributed by atoms with Crippen molar-refractivity contribution in [2.24, 2.45) is 5.10 Å². The van der Waals surface area contributed by atoms with Crippen LogP contribution in [0.15, 0.2) is 5.10 Å². The maximum absolute atomic E-state index is 5.19. The summed E-state index contributed by atoms with van der Waals surface area (Å²) in [6.07, 6.45) is 8.01. The largest absolute Gasteiger partial charge is 0.261 e. The van der Waals surface area contributed by atoms with Crippen molar-refractivity contribution in [3.8, 4) is 0 Å². The van der Waals surface area contributed by atoms with Crippen LogP contribution in [0.3, 0.4) is 0 Å². The molecule has 0 aliphatic carbocycles. The van der Waals surface area contributed by atoms with Gasteiger partial charge in [0.1, 0.15) is 0 Å². The molecule has 16 heavy (non-hydrogen) atoms. The Morgan fingerprint density at radius 3 is 2.69 bits per heavy atom. The van der Waals surface area contributed by atoms with E-state index in [9.17, 15) is 0 Å². The lowest BCUT2D eigenvalue weighted by Crippen LogP contribution is -2.09. The zero-order valence-corrected chi connectivity index (χ0v) is 13.0. The molecule has 0 spiro atoms. The Morgan fingerprint density at radius 1 is 1.38 bits per heavy atom. The third-order valence-corrected chi connectivity index (χ3v) is 9.89. The van der Waals surface area contributed by atoms with Crippen molar-refractivity contribution in [2.75, 3.05) is 5.75 Å². The van der Waals surface area contributed by atoms with Crippen LogP contribution >= 0.6 is 42.8 Å². The highest BCUT2D eigenvalue weighted by atomic mass is 33.5. The van der Waals surface area contributed by atoms with Gasteiger partial charge in [0.2, 0.25) is 0 Å². The quantitative estimate of drug-likeness (QED) is 0.299. The van der Waals surface area contributed by atoms with Gasteiger partial charge in [0.15, 0.2) is 4.32 Å². The average Bonchev–Trinajstić information content (AvgIpc) is 2.59. The summed E-state index contributed by atoms with van der Waals surface area (Å²) in [7, 11) is 0.613. The molecule has 0 saturated heterocycles. The van der Waals surface area contributed by atoms with Gasteiger partial charge in [0, 0.05) is 5.75 Å². The van der Waals surface area contributed by atoms with E-state index >= 15 is 0 Å². The number of unbranched alkanes of at least 4 members (excludes halogenated alkanes) is 5. The molecule has 1 aliphatic heterocycles. The molecule has 1 N–H and O–H groups in total. The summed E-state index contributed by atoms with van der Waals surface area (Å²) in [5, 5.41) is 3.98. The fourth-order valence-corrected chi connectivity index (χ4v) is 6.04. The third-order valence-electron chi connectivity index (χ3n) is 2.38. The highest BCUT2D eigenvalue weighted by Crippen LogP contribution is 2.64. The Morgan fingerprint density at radius 2 is 2.06 bits per heavy atom. The number of rotatable bonds is 8. The van der Waals surface area contributed by atoms with Crippen LogP contribution in [0.1, 0.15) is 45.4 Å². The minimum atomic E-state index is -1.24. The van der Waals surface area contributed by atoms with Gasteiger partial charge >= 0.3 is 0 Å². The molecule has 6 heteroatoms. The monoisotopic (exact) mass is 296 g/mol. The van der Waals surface area contributed by atoms with Crippen LogP contribution in [0.5, 0.6) is 0 Å². The second kappa shape index (κ2) is 7.84. The molecule has 1 atom stereocenters. The topological polar surface area (TPSA) is 24.4 Å². The summed E-state index contributed by atoms with van der Waals surface area (Å²) in [5.41, 5.74) is 4.69. The van der Waals surface area contributed by atoms with Gasteiger partial charge in [-0.1, -0.05) is 70.1 Å². The highest BCUT2D eigenvalue weighted by Gasteiger charge is 2.27. The van der Waals surface area contributed by atoms with Crippen molar-refractivity contribution in [1.29, 1.82) is 0 Å². The molecule has 0 aromatic rings. The lowest BCUT2D eigenvalue weighted by Gasteiger charge is -2.23. The summed E-state index contributed by atoms with van der Waals surface area (Å²) < 4.78 is 0.798. The van der Waals surface area contributed by atoms with Crippen molar-refractivity contribution < 1.29 is 0 Å². The van der Waals surface area contributed by atoms with Crippen molar-refractivity contribution in [3.63, 3.8) is 0 Å². The zero-order chi connectivity index (χ0) is 11.9. The summed E-state index contributed by atoms with van der Waals surface area (Å²) >= 11 is 9.82. The molecule has 0 radical (unpaired) electrons. The Bertz CT molecular complexity index is 257. The number of nitrogens with one attached hydrogen (secondary N) is 1. The van der Waals surface area contributed by atoms with E-state index in [-0.39, 0.29) is 0 Å². The number of thiol groups is 1. The first-order chi connectivity index (χ1) is 7.69. The Labute approximate surface area is 114 Å². The number of hydrogen-bond acceptors (Lipinski definition) is 4. The molecule has 1 rings (SSSR count). The average molecular weight is 297 g/mol. The zero-order valence-electron chi connectivity index (χ0n) is 9.65. The summed E-state index contributed by atoms with van der Waals surface area (Å²) in [4.78, 5) is 0. The van der Waals surface area contributed by atoms with Crippen LogP contribution in [-0.4, -0.2) is 15.6 Å². The normalized spacial score (nSPS) is 27.8. The van der Waals surface area contributed by atoms with Gasteiger partial charge in [0.25, 0.3) is 0 Å². The number of nitrogens with zero attached hydrogens (tertiary/aromatic N) is 1. The molecule has 94 valence electrons. The molecule has 0 aromatic carbocycles. The van der Waals surface area contributed by atoms with Gasteiger partial charge in [-0.25, -0.2) is 0 Å². The molecule has 0 aromatic heterocycles. The predicted molar refractivity (Wildman–Crippen MR) is 86.6 cm³/mol. The third kappa shape index (κ3) is 4.85. The fraction of sp³-hybridized carbons (Fsp3) is 0.800. The van der Waals surface area contributed by atoms with Crippen LogP contribution in [0.25, 0.3) is 0 Å². The molecule has 1 heterocycles. The molecule has 0 amide bonds.